The van der Waals surface area contributed by atoms with Gasteiger partial charge in [0, 0.05) is 12.0 Å². The van der Waals surface area contributed by atoms with Gasteiger partial charge >= 0.3 is 5.97 Å². The first-order valence-corrected chi connectivity index (χ1v) is 6.68. The first kappa shape index (κ1) is 15.6. The minimum Gasteiger partial charge on any atom is -0.420 e. The van der Waals surface area contributed by atoms with E-state index in [0.717, 1.165) is 6.42 Å². The molecule has 0 aliphatic heterocycles. The maximum absolute atomic E-state index is 11.9. The van der Waals surface area contributed by atoms with Crippen molar-refractivity contribution in [1.82, 2.24) is 0 Å². The summed E-state index contributed by atoms with van der Waals surface area (Å²) in [6.07, 6.45) is 3.37. The molecule has 1 aliphatic rings. The zero-order valence-electron chi connectivity index (χ0n) is 12.0. The Kier molecular flexibility index (Phi) is 5.48. The highest BCUT2D eigenvalue weighted by atomic mass is 16.5. The summed E-state index contributed by atoms with van der Waals surface area (Å²) in [5.74, 6) is -0.630. The molecule has 3 unspecified atom stereocenters. The van der Waals surface area contributed by atoms with Crippen LogP contribution in [0.5, 0.6) is 0 Å². The molecule has 106 valence electrons. The number of esters is 1. The first-order chi connectivity index (χ1) is 8.90. The summed E-state index contributed by atoms with van der Waals surface area (Å²) in [7, 11) is 0. The lowest BCUT2D eigenvalue weighted by molar-refractivity contribution is -0.140. The van der Waals surface area contributed by atoms with E-state index >= 15 is 0 Å². The molecule has 1 rings (SSSR count). The standard InChI is InChI=1S/C15H22O4/c1-5-9(3)11-7-13(17)14(8-12(11)16)19-15(18)10(4)6-2/h6,8-9,11-12,16H,5,7H2,1-4H3. The molecule has 0 radical (unpaired) electrons. The van der Waals surface area contributed by atoms with Gasteiger partial charge in [0.1, 0.15) is 0 Å². The molecule has 4 nitrogen and oxygen atoms in total. The lowest BCUT2D eigenvalue weighted by Gasteiger charge is -2.29. The van der Waals surface area contributed by atoms with Crippen molar-refractivity contribution in [3.8, 4) is 0 Å². The van der Waals surface area contributed by atoms with Crippen molar-refractivity contribution < 1.29 is 19.4 Å². The zero-order valence-corrected chi connectivity index (χ0v) is 12.0. The van der Waals surface area contributed by atoms with Gasteiger partial charge in [-0.1, -0.05) is 26.3 Å². The third kappa shape index (κ3) is 3.77. The number of Topliss-reactive ketones (excluding diaryl/α,β-unsaturated/α-hetero) is 1. The van der Waals surface area contributed by atoms with E-state index in [1.54, 1.807) is 19.9 Å². The van der Waals surface area contributed by atoms with Crippen LogP contribution >= 0.6 is 0 Å². The van der Waals surface area contributed by atoms with Gasteiger partial charge in [-0.2, -0.15) is 0 Å². The Morgan fingerprint density at radius 2 is 2.26 bits per heavy atom. The molecule has 4 heteroatoms. The molecule has 0 bridgehead atoms. The van der Waals surface area contributed by atoms with E-state index in [0.29, 0.717) is 5.57 Å². The molecular weight excluding hydrogens is 244 g/mol. The number of carbonyl (C=O) groups is 2. The van der Waals surface area contributed by atoms with Gasteiger partial charge in [-0.3, -0.25) is 4.79 Å². The molecule has 0 amide bonds. The molecule has 0 saturated heterocycles. The molecule has 0 aromatic carbocycles. The van der Waals surface area contributed by atoms with Crippen LogP contribution in [0.25, 0.3) is 0 Å². The van der Waals surface area contributed by atoms with E-state index in [-0.39, 0.29) is 29.8 Å². The van der Waals surface area contributed by atoms with E-state index in [4.69, 9.17) is 4.74 Å². The van der Waals surface area contributed by atoms with Crippen molar-refractivity contribution in [1.29, 1.82) is 0 Å². The highest BCUT2D eigenvalue weighted by Gasteiger charge is 2.33. The predicted molar refractivity (Wildman–Crippen MR) is 72.2 cm³/mol. The van der Waals surface area contributed by atoms with Gasteiger partial charge in [-0.15, -0.1) is 0 Å². The topological polar surface area (TPSA) is 63.6 Å². The number of hydrogen-bond acceptors (Lipinski definition) is 4. The number of ketones is 1. The molecular formula is C15H22O4. The van der Waals surface area contributed by atoms with E-state index in [1.807, 2.05) is 13.8 Å². The highest BCUT2D eigenvalue weighted by molar-refractivity contribution is 5.99. The van der Waals surface area contributed by atoms with Gasteiger partial charge in [0.15, 0.2) is 11.5 Å². The second kappa shape index (κ2) is 6.66. The average molecular weight is 266 g/mol. The van der Waals surface area contributed by atoms with E-state index in [1.165, 1.54) is 6.08 Å². The van der Waals surface area contributed by atoms with Gasteiger partial charge in [-0.25, -0.2) is 4.79 Å². The Hall–Kier alpha value is -1.42. The summed E-state index contributed by atoms with van der Waals surface area (Å²) in [5, 5.41) is 10.0. The molecule has 1 N–H and O–H groups in total. The van der Waals surface area contributed by atoms with Crippen molar-refractivity contribution in [2.24, 2.45) is 11.8 Å². The van der Waals surface area contributed by atoms with E-state index in [9.17, 15) is 14.7 Å². The number of ether oxygens (including phenoxy) is 1. The summed E-state index contributed by atoms with van der Waals surface area (Å²) >= 11 is 0. The quantitative estimate of drug-likeness (QED) is 0.627. The first-order valence-electron chi connectivity index (χ1n) is 6.68. The normalized spacial score (nSPS) is 25.8. The van der Waals surface area contributed by atoms with Crippen LogP contribution in [0.3, 0.4) is 0 Å². The summed E-state index contributed by atoms with van der Waals surface area (Å²) in [6, 6.07) is 0. The van der Waals surface area contributed by atoms with Gasteiger partial charge in [-0.05, 0) is 31.8 Å². The number of hydrogen-bond donors (Lipinski definition) is 1. The second-order valence-corrected chi connectivity index (χ2v) is 5.06. The minimum atomic E-state index is -0.735. The summed E-state index contributed by atoms with van der Waals surface area (Å²) in [5.41, 5.74) is 0.437. The third-order valence-corrected chi connectivity index (χ3v) is 3.79. The largest absolute Gasteiger partial charge is 0.420 e. The van der Waals surface area contributed by atoms with Crippen LogP contribution in [-0.2, 0) is 14.3 Å². The maximum atomic E-state index is 11.9. The molecule has 19 heavy (non-hydrogen) atoms. The molecule has 0 heterocycles. The maximum Gasteiger partial charge on any atom is 0.338 e. The fraction of sp³-hybridized carbons (Fsp3) is 0.600. The molecule has 0 spiro atoms. The average Bonchev–Trinajstić information content (AvgIpc) is 2.40. The Bertz CT molecular complexity index is 420. The van der Waals surface area contributed by atoms with Gasteiger partial charge < -0.3 is 9.84 Å². The van der Waals surface area contributed by atoms with Crippen molar-refractivity contribution in [2.75, 3.05) is 0 Å². The van der Waals surface area contributed by atoms with Gasteiger partial charge in [0.05, 0.1) is 6.10 Å². The highest BCUT2D eigenvalue weighted by Crippen LogP contribution is 2.30. The van der Waals surface area contributed by atoms with Crippen LogP contribution < -0.4 is 0 Å². The lowest BCUT2D eigenvalue weighted by Crippen LogP contribution is -2.33. The van der Waals surface area contributed by atoms with Crippen LogP contribution in [0.2, 0.25) is 0 Å². The van der Waals surface area contributed by atoms with Crippen LogP contribution in [-0.4, -0.2) is 23.0 Å². The smallest absolute Gasteiger partial charge is 0.338 e. The number of rotatable bonds is 4. The third-order valence-electron chi connectivity index (χ3n) is 3.79. The van der Waals surface area contributed by atoms with Crippen molar-refractivity contribution in [3.63, 3.8) is 0 Å². The van der Waals surface area contributed by atoms with Crippen LogP contribution in [0, 0.1) is 11.8 Å². The summed E-state index contributed by atoms with van der Waals surface area (Å²) in [6.45, 7) is 7.38. The lowest BCUT2D eigenvalue weighted by atomic mass is 9.80. The van der Waals surface area contributed by atoms with Crippen LogP contribution in [0.15, 0.2) is 23.5 Å². The molecule has 0 fully saturated rings. The van der Waals surface area contributed by atoms with Crippen LogP contribution in [0.4, 0.5) is 0 Å². The van der Waals surface area contributed by atoms with Crippen molar-refractivity contribution in [2.45, 2.75) is 46.6 Å². The number of allylic oxidation sites excluding steroid dienone is 2. The van der Waals surface area contributed by atoms with Gasteiger partial charge in [0.2, 0.25) is 0 Å². The Morgan fingerprint density at radius 3 is 2.79 bits per heavy atom. The van der Waals surface area contributed by atoms with Crippen molar-refractivity contribution >= 4 is 11.8 Å². The number of aliphatic hydroxyl groups excluding tert-OH is 1. The predicted octanol–water partition coefficient (Wildman–Crippen LogP) is 2.38. The van der Waals surface area contributed by atoms with E-state index < -0.39 is 12.1 Å². The molecule has 0 aromatic rings. The molecule has 0 saturated carbocycles. The zero-order chi connectivity index (χ0) is 14.6. The van der Waals surface area contributed by atoms with Crippen molar-refractivity contribution in [3.05, 3.63) is 23.5 Å². The number of aliphatic hydroxyl groups is 1. The minimum absolute atomic E-state index is 0.0294. The fourth-order valence-electron chi connectivity index (χ4n) is 2.04. The SMILES string of the molecule is CC=C(C)C(=O)OC1=CC(O)C(C(C)CC)CC1=O. The van der Waals surface area contributed by atoms with E-state index in [2.05, 4.69) is 0 Å². The Morgan fingerprint density at radius 1 is 1.63 bits per heavy atom. The monoisotopic (exact) mass is 266 g/mol. The fourth-order valence-corrected chi connectivity index (χ4v) is 2.04. The van der Waals surface area contributed by atoms with Gasteiger partial charge in [0.25, 0.3) is 0 Å². The molecule has 3 atom stereocenters. The van der Waals surface area contributed by atoms with Crippen LogP contribution in [0.1, 0.15) is 40.5 Å². The second-order valence-electron chi connectivity index (χ2n) is 5.06. The molecule has 1 aliphatic carbocycles. The summed E-state index contributed by atoms with van der Waals surface area (Å²) < 4.78 is 5.03. The number of carbonyl (C=O) groups excluding carboxylic acids is 2. The molecule has 0 aromatic heterocycles. The Labute approximate surface area is 114 Å². The Balaban J connectivity index is 2.82. The summed E-state index contributed by atoms with van der Waals surface area (Å²) in [4.78, 5) is 23.5.